The van der Waals surface area contributed by atoms with Gasteiger partial charge >= 0.3 is 0 Å². The molecule has 0 aliphatic rings. The van der Waals surface area contributed by atoms with Gasteiger partial charge in [-0.1, -0.05) is 12.1 Å². The lowest BCUT2D eigenvalue weighted by molar-refractivity contribution is 0.112. The van der Waals surface area contributed by atoms with Crippen molar-refractivity contribution in [1.82, 2.24) is 0 Å². The van der Waals surface area contributed by atoms with E-state index >= 15 is 0 Å². The highest BCUT2D eigenvalue weighted by Gasteiger charge is 2.05. The number of carbonyl (C=O) groups is 1. The van der Waals surface area contributed by atoms with E-state index in [1.807, 2.05) is 31.2 Å². The first-order chi connectivity index (χ1) is 10.7. The van der Waals surface area contributed by atoms with Gasteiger partial charge in [-0.25, -0.2) is 0 Å². The van der Waals surface area contributed by atoms with E-state index in [1.54, 1.807) is 18.2 Å². The fourth-order valence-electron chi connectivity index (χ4n) is 1.85. The van der Waals surface area contributed by atoms with E-state index in [0.29, 0.717) is 36.9 Å². The van der Waals surface area contributed by atoms with Gasteiger partial charge in [0, 0.05) is 5.56 Å². The molecule has 0 radical (unpaired) electrons. The molecule has 2 rings (SSSR count). The molecule has 2 aromatic rings. The largest absolute Gasteiger partial charge is 0.490 e. The molecule has 0 saturated heterocycles. The van der Waals surface area contributed by atoms with Crippen molar-refractivity contribution < 1.29 is 19.0 Å². The Morgan fingerprint density at radius 2 is 1.59 bits per heavy atom. The lowest BCUT2D eigenvalue weighted by atomic mass is 10.2. The molecule has 0 fully saturated rings. The van der Waals surface area contributed by atoms with Gasteiger partial charge in [-0.3, -0.25) is 4.79 Å². The lowest BCUT2D eigenvalue weighted by Gasteiger charge is -2.12. The van der Waals surface area contributed by atoms with Gasteiger partial charge < -0.3 is 14.2 Å². The van der Waals surface area contributed by atoms with Crippen LogP contribution >= 0.6 is 15.9 Å². The molecule has 0 N–H and O–H groups in total. The maximum atomic E-state index is 10.7. The topological polar surface area (TPSA) is 44.8 Å². The van der Waals surface area contributed by atoms with Crippen LogP contribution in [0.1, 0.15) is 17.3 Å². The van der Waals surface area contributed by atoms with Crippen LogP contribution in [0.2, 0.25) is 0 Å². The van der Waals surface area contributed by atoms with Gasteiger partial charge in [0.05, 0.1) is 11.1 Å². The highest BCUT2D eigenvalue weighted by atomic mass is 79.9. The van der Waals surface area contributed by atoms with Crippen LogP contribution in [0.5, 0.6) is 17.2 Å². The average molecular weight is 365 g/mol. The van der Waals surface area contributed by atoms with Gasteiger partial charge in [0.1, 0.15) is 25.2 Å². The predicted molar refractivity (Wildman–Crippen MR) is 88.1 cm³/mol. The summed E-state index contributed by atoms with van der Waals surface area (Å²) in [6.45, 7) is 3.30. The van der Waals surface area contributed by atoms with Crippen molar-refractivity contribution in [2.75, 3.05) is 19.8 Å². The van der Waals surface area contributed by atoms with E-state index in [1.165, 1.54) is 0 Å². The molecular weight excluding hydrogens is 348 g/mol. The van der Waals surface area contributed by atoms with E-state index in [0.717, 1.165) is 16.5 Å². The van der Waals surface area contributed by atoms with Crippen molar-refractivity contribution >= 4 is 22.2 Å². The molecular formula is C17H17BrO4. The highest BCUT2D eigenvalue weighted by Crippen LogP contribution is 2.27. The Bertz CT molecular complexity index is 628. The number of benzene rings is 2. The minimum atomic E-state index is 0.388. The van der Waals surface area contributed by atoms with E-state index in [-0.39, 0.29) is 0 Å². The number of aldehydes is 1. The van der Waals surface area contributed by atoms with Gasteiger partial charge in [0.2, 0.25) is 0 Å². The monoisotopic (exact) mass is 364 g/mol. The number of halogens is 1. The van der Waals surface area contributed by atoms with Crippen molar-refractivity contribution in [1.29, 1.82) is 0 Å². The van der Waals surface area contributed by atoms with Crippen LogP contribution in [-0.2, 0) is 0 Å². The average Bonchev–Trinajstić information content (AvgIpc) is 2.54. The molecule has 0 atom stereocenters. The Hall–Kier alpha value is -2.01. The number of carbonyl (C=O) groups excluding carboxylic acids is 1. The molecule has 22 heavy (non-hydrogen) atoms. The van der Waals surface area contributed by atoms with E-state index in [9.17, 15) is 4.79 Å². The zero-order valence-electron chi connectivity index (χ0n) is 12.3. The predicted octanol–water partition coefficient (Wildman–Crippen LogP) is 4.12. The number of rotatable bonds is 8. The van der Waals surface area contributed by atoms with Gasteiger partial charge in [-0.05, 0) is 53.2 Å². The molecule has 0 unspecified atom stereocenters. The minimum Gasteiger partial charge on any atom is -0.490 e. The summed E-state index contributed by atoms with van der Waals surface area (Å²) in [4.78, 5) is 10.7. The Kier molecular flexibility index (Phi) is 6.27. The highest BCUT2D eigenvalue weighted by molar-refractivity contribution is 9.10. The fraction of sp³-hybridized carbons (Fsp3) is 0.235. The van der Waals surface area contributed by atoms with E-state index < -0.39 is 0 Å². The molecule has 0 spiro atoms. The Balaban J connectivity index is 1.86. The second kappa shape index (κ2) is 8.44. The molecule has 0 aliphatic carbocycles. The molecule has 0 heterocycles. The fourth-order valence-corrected chi connectivity index (χ4v) is 2.37. The van der Waals surface area contributed by atoms with Crippen molar-refractivity contribution in [2.45, 2.75) is 6.92 Å². The summed E-state index contributed by atoms with van der Waals surface area (Å²) < 4.78 is 17.5. The Labute approximate surface area is 138 Å². The summed E-state index contributed by atoms with van der Waals surface area (Å²) in [5.74, 6) is 2.09. The SMILES string of the molecule is CCOc1ccccc1OCCOc1ccc(C=O)cc1Br. The number of hydrogen-bond donors (Lipinski definition) is 0. The maximum Gasteiger partial charge on any atom is 0.161 e. The molecule has 116 valence electrons. The molecule has 0 bridgehead atoms. The second-order valence-corrected chi connectivity index (χ2v) is 5.24. The maximum absolute atomic E-state index is 10.7. The summed E-state index contributed by atoms with van der Waals surface area (Å²) in [5, 5.41) is 0. The van der Waals surface area contributed by atoms with Gasteiger partial charge in [0.15, 0.2) is 11.5 Å². The number of hydrogen-bond acceptors (Lipinski definition) is 4. The Morgan fingerprint density at radius 1 is 0.955 bits per heavy atom. The van der Waals surface area contributed by atoms with Crippen LogP contribution in [0, 0.1) is 0 Å². The summed E-state index contributed by atoms with van der Waals surface area (Å²) in [6.07, 6.45) is 0.794. The van der Waals surface area contributed by atoms with Crippen LogP contribution in [0.25, 0.3) is 0 Å². The van der Waals surface area contributed by atoms with Gasteiger partial charge in [-0.15, -0.1) is 0 Å². The van der Waals surface area contributed by atoms with Gasteiger partial charge in [0.25, 0.3) is 0 Å². The number of ether oxygens (including phenoxy) is 3. The van der Waals surface area contributed by atoms with Crippen molar-refractivity contribution in [2.24, 2.45) is 0 Å². The minimum absolute atomic E-state index is 0.388. The molecule has 0 aromatic heterocycles. The molecule has 4 nitrogen and oxygen atoms in total. The summed E-state index contributed by atoms with van der Waals surface area (Å²) in [6, 6.07) is 12.7. The van der Waals surface area contributed by atoms with Crippen LogP contribution in [0.15, 0.2) is 46.9 Å². The first-order valence-electron chi connectivity index (χ1n) is 6.96. The normalized spacial score (nSPS) is 10.1. The van der Waals surface area contributed by atoms with Gasteiger partial charge in [-0.2, -0.15) is 0 Å². The first-order valence-corrected chi connectivity index (χ1v) is 7.76. The van der Waals surface area contributed by atoms with Crippen LogP contribution in [0.4, 0.5) is 0 Å². The number of para-hydroxylation sites is 2. The standard InChI is InChI=1S/C17H17BrO4/c1-2-20-16-5-3-4-6-17(16)22-10-9-21-15-8-7-13(12-19)11-14(15)18/h3-8,11-12H,2,9-10H2,1H3. The third kappa shape index (κ3) is 4.49. The molecule has 0 aliphatic heterocycles. The molecule has 5 heteroatoms. The van der Waals surface area contributed by atoms with Crippen molar-refractivity contribution in [3.63, 3.8) is 0 Å². The van der Waals surface area contributed by atoms with Crippen molar-refractivity contribution in [3.05, 3.63) is 52.5 Å². The first kappa shape index (κ1) is 16.4. The smallest absolute Gasteiger partial charge is 0.161 e. The van der Waals surface area contributed by atoms with E-state index in [4.69, 9.17) is 14.2 Å². The molecule has 0 amide bonds. The summed E-state index contributed by atoms with van der Waals surface area (Å²) in [7, 11) is 0. The van der Waals surface area contributed by atoms with Crippen molar-refractivity contribution in [3.8, 4) is 17.2 Å². The van der Waals surface area contributed by atoms with Crippen LogP contribution < -0.4 is 14.2 Å². The Morgan fingerprint density at radius 3 is 2.18 bits per heavy atom. The third-order valence-corrected chi connectivity index (χ3v) is 3.46. The quantitative estimate of drug-likeness (QED) is 0.522. The third-order valence-electron chi connectivity index (χ3n) is 2.84. The lowest BCUT2D eigenvalue weighted by Crippen LogP contribution is -2.10. The zero-order chi connectivity index (χ0) is 15.8. The summed E-state index contributed by atoms with van der Waals surface area (Å²) in [5.41, 5.74) is 0.598. The van der Waals surface area contributed by atoms with Crippen LogP contribution in [-0.4, -0.2) is 26.1 Å². The zero-order valence-corrected chi connectivity index (χ0v) is 13.8. The van der Waals surface area contributed by atoms with E-state index in [2.05, 4.69) is 15.9 Å². The second-order valence-electron chi connectivity index (χ2n) is 4.38. The summed E-state index contributed by atoms with van der Waals surface area (Å²) >= 11 is 3.37. The van der Waals surface area contributed by atoms with Crippen LogP contribution in [0.3, 0.4) is 0 Å². The molecule has 0 saturated carbocycles. The molecule has 2 aromatic carbocycles.